The van der Waals surface area contributed by atoms with Crippen molar-refractivity contribution in [2.75, 3.05) is 0 Å². The van der Waals surface area contributed by atoms with Crippen LogP contribution in [0.5, 0.6) is 0 Å². The Morgan fingerprint density at radius 2 is 1.78 bits per heavy atom. The second kappa shape index (κ2) is 6.83. The van der Waals surface area contributed by atoms with Gasteiger partial charge in [-0.3, -0.25) is 4.79 Å². The van der Waals surface area contributed by atoms with E-state index in [0.29, 0.717) is 11.4 Å². The molecule has 23 heavy (non-hydrogen) atoms. The highest BCUT2D eigenvalue weighted by Gasteiger charge is 2.11. The fourth-order valence-electron chi connectivity index (χ4n) is 2.17. The number of aryl methyl sites for hydroxylation is 1. The van der Waals surface area contributed by atoms with Gasteiger partial charge in [-0.25, -0.2) is 0 Å². The third kappa shape index (κ3) is 3.71. The Hall–Kier alpha value is -2.34. The van der Waals surface area contributed by atoms with E-state index in [0.717, 1.165) is 16.5 Å². The van der Waals surface area contributed by atoms with Crippen molar-refractivity contribution in [1.29, 1.82) is 0 Å². The molecule has 0 fully saturated rings. The highest BCUT2D eigenvalue weighted by atomic mass is 79.9. The van der Waals surface area contributed by atoms with E-state index in [1.807, 2.05) is 36.4 Å². The van der Waals surface area contributed by atoms with E-state index in [-0.39, 0.29) is 12.3 Å². The molecule has 0 aliphatic heterocycles. The molecule has 116 valence electrons. The standard InChI is InChI=1S/C17H15BrN4O/c1-2-12-3-5-14(6-4-12)17-19-21-22(20-17)11-16(23)13-7-9-15(18)10-8-13/h3-10H,2,11H2,1H3. The zero-order valence-electron chi connectivity index (χ0n) is 12.6. The van der Waals surface area contributed by atoms with Gasteiger partial charge >= 0.3 is 0 Å². The topological polar surface area (TPSA) is 60.7 Å². The number of Topliss-reactive ketones (excluding diaryl/α,β-unsaturated/α-hetero) is 1. The van der Waals surface area contributed by atoms with Gasteiger partial charge in [-0.1, -0.05) is 59.3 Å². The second-order valence-corrected chi connectivity index (χ2v) is 6.04. The van der Waals surface area contributed by atoms with Crippen molar-refractivity contribution >= 4 is 21.7 Å². The molecule has 0 aliphatic rings. The summed E-state index contributed by atoms with van der Waals surface area (Å²) in [5.41, 5.74) is 2.77. The lowest BCUT2D eigenvalue weighted by Crippen LogP contribution is -2.13. The van der Waals surface area contributed by atoms with Crippen LogP contribution in [0.3, 0.4) is 0 Å². The van der Waals surface area contributed by atoms with Gasteiger partial charge in [0.2, 0.25) is 5.82 Å². The molecule has 0 N–H and O–H groups in total. The zero-order chi connectivity index (χ0) is 16.2. The first-order valence-electron chi connectivity index (χ1n) is 7.31. The van der Waals surface area contributed by atoms with Crippen LogP contribution >= 0.6 is 15.9 Å². The predicted octanol–water partition coefficient (Wildman–Crippen LogP) is 3.55. The summed E-state index contributed by atoms with van der Waals surface area (Å²) < 4.78 is 0.936. The number of aromatic nitrogens is 4. The van der Waals surface area contributed by atoms with Crippen LogP contribution in [-0.4, -0.2) is 26.0 Å². The SMILES string of the molecule is CCc1ccc(-c2nnn(CC(=O)c3ccc(Br)cc3)n2)cc1. The van der Waals surface area contributed by atoms with Gasteiger partial charge in [-0.05, 0) is 29.3 Å². The minimum absolute atomic E-state index is 0.0530. The van der Waals surface area contributed by atoms with Gasteiger partial charge < -0.3 is 0 Å². The Morgan fingerprint density at radius 1 is 1.09 bits per heavy atom. The summed E-state index contributed by atoms with van der Waals surface area (Å²) in [5, 5.41) is 12.3. The number of hydrogen-bond acceptors (Lipinski definition) is 4. The molecule has 1 heterocycles. The Kier molecular flexibility index (Phi) is 4.62. The van der Waals surface area contributed by atoms with Crippen molar-refractivity contribution in [2.45, 2.75) is 19.9 Å². The van der Waals surface area contributed by atoms with Crippen LogP contribution in [0, 0.1) is 0 Å². The molecule has 0 spiro atoms. The van der Waals surface area contributed by atoms with Crippen LogP contribution in [0.2, 0.25) is 0 Å². The number of benzene rings is 2. The molecule has 6 heteroatoms. The third-order valence-electron chi connectivity index (χ3n) is 3.52. The van der Waals surface area contributed by atoms with Crippen molar-refractivity contribution in [1.82, 2.24) is 20.2 Å². The number of carbonyl (C=O) groups is 1. The number of hydrogen-bond donors (Lipinski definition) is 0. The highest BCUT2D eigenvalue weighted by Crippen LogP contribution is 2.15. The number of nitrogens with zero attached hydrogens (tertiary/aromatic N) is 4. The van der Waals surface area contributed by atoms with Gasteiger partial charge in [-0.15, -0.1) is 10.2 Å². The Labute approximate surface area is 142 Å². The van der Waals surface area contributed by atoms with E-state index in [2.05, 4.69) is 38.3 Å². The van der Waals surface area contributed by atoms with Crippen LogP contribution < -0.4 is 0 Å². The van der Waals surface area contributed by atoms with Gasteiger partial charge in [0.15, 0.2) is 5.78 Å². The van der Waals surface area contributed by atoms with E-state index < -0.39 is 0 Å². The fraction of sp³-hybridized carbons (Fsp3) is 0.176. The van der Waals surface area contributed by atoms with E-state index in [4.69, 9.17) is 0 Å². The zero-order valence-corrected chi connectivity index (χ0v) is 14.2. The smallest absolute Gasteiger partial charge is 0.204 e. The maximum Gasteiger partial charge on any atom is 0.204 e. The molecule has 0 unspecified atom stereocenters. The highest BCUT2D eigenvalue weighted by molar-refractivity contribution is 9.10. The molecular weight excluding hydrogens is 356 g/mol. The molecular formula is C17H15BrN4O. The van der Waals surface area contributed by atoms with Crippen LogP contribution in [0.15, 0.2) is 53.0 Å². The average molecular weight is 371 g/mol. The maximum atomic E-state index is 12.2. The molecule has 3 aromatic rings. The Bertz CT molecular complexity index is 809. The summed E-state index contributed by atoms with van der Waals surface area (Å²) in [6, 6.07) is 15.2. The molecule has 0 saturated heterocycles. The molecule has 0 radical (unpaired) electrons. The summed E-state index contributed by atoms with van der Waals surface area (Å²) in [5.74, 6) is 0.471. The van der Waals surface area contributed by atoms with Crippen molar-refractivity contribution in [3.05, 3.63) is 64.1 Å². The molecule has 2 aromatic carbocycles. The first-order valence-corrected chi connectivity index (χ1v) is 8.11. The van der Waals surface area contributed by atoms with Crippen molar-refractivity contribution in [3.8, 4) is 11.4 Å². The second-order valence-electron chi connectivity index (χ2n) is 5.12. The number of ketones is 1. The maximum absolute atomic E-state index is 12.2. The minimum Gasteiger partial charge on any atom is -0.292 e. The Morgan fingerprint density at radius 3 is 2.43 bits per heavy atom. The molecule has 0 atom stereocenters. The lowest BCUT2D eigenvalue weighted by atomic mass is 10.1. The van der Waals surface area contributed by atoms with Gasteiger partial charge in [-0.2, -0.15) is 4.80 Å². The molecule has 5 nitrogen and oxygen atoms in total. The third-order valence-corrected chi connectivity index (χ3v) is 4.05. The fourth-order valence-corrected chi connectivity index (χ4v) is 2.44. The molecule has 0 bridgehead atoms. The van der Waals surface area contributed by atoms with Crippen LogP contribution in [0.25, 0.3) is 11.4 Å². The first kappa shape index (κ1) is 15.6. The quantitative estimate of drug-likeness (QED) is 0.644. The van der Waals surface area contributed by atoms with Gasteiger partial charge in [0.05, 0.1) is 0 Å². The van der Waals surface area contributed by atoms with Crippen LogP contribution in [-0.2, 0) is 13.0 Å². The molecule has 0 aliphatic carbocycles. The monoisotopic (exact) mass is 370 g/mol. The lowest BCUT2D eigenvalue weighted by molar-refractivity contribution is 0.0961. The molecule has 1 aromatic heterocycles. The summed E-state index contributed by atoms with van der Waals surface area (Å²) in [7, 11) is 0. The van der Waals surface area contributed by atoms with Crippen molar-refractivity contribution < 1.29 is 4.79 Å². The Balaban J connectivity index is 1.73. The van der Waals surface area contributed by atoms with Gasteiger partial charge in [0.1, 0.15) is 6.54 Å². The normalized spacial score (nSPS) is 10.7. The molecule has 3 rings (SSSR count). The van der Waals surface area contributed by atoms with Crippen LogP contribution in [0.1, 0.15) is 22.8 Å². The van der Waals surface area contributed by atoms with Gasteiger partial charge in [0, 0.05) is 15.6 Å². The van der Waals surface area contributed by atoms with E-state index in [9.17, 15) is 4.79 Å². The number of halogens is 1. The largest absolute Gasteiger partial charge is 0.292 e. The average Bonchev–Trinajstić information content (AvgIpc) is 3.04. The molecule has 0 amide bonds. The van der Waals surface area contributed by atoms with E-state index in [1.165, 1.54) is 10.4 Å². The van der Waals surface area contributed by atoms with Crippen molar-refractivity contribution in [2.24, 2.45) is 0 Å². The first-order chi connectivity index (χ1) is 11.2. The number of tetrazole rings is 1. The van der Waals surface area contributed by atoms with Crippen LogP contribution in [0.4, 0.5) is 0 Å². The number of rotatable bonds is 5. The van der Waals surface area contributed by atoms with E-state index >= 15 is 0 Å². The van der Waals surface area contributed by atoms with Gasteiger partial charge in [0.25, 0.3) is 0 Å². The summed E-state index contributed by atoms with van der Waals surface area (Å²) >= 11 is 3.35. The van der Waals surface area contributed by atoms with E-state index in [1.54, 1.807) is 12.1 Å². The predicted molar refractivity (Wildman–Crippen MR) is 91.1 cm³/mol. The summed E-state index contributed by atoms with van der Waals surface area (Å²) in [4.78, 5) is 13.5. The summed E-state index contributed by atoms with van der Waals surface area (Å²) in [6.45, 7) is 2.18. The summed E-state index contributed by atoms with van der Waals surface area (Å²) in [6.07, 6.45) is 0.988. The van der Waals surface area contributed by atoms with Crippen molar-refractivity contribution in [3.63, 3.8) is 0 Å². The minimum atomic E-state index is -0.0530. The lowest BCUT2D eigenvalue weighted by Gasteiger charge is -2.00. The number of carbonyl (C=O) groups excluding carboxylic acids is 1. The molecule has 0 saturated carbocycles.